The van der Waals surface area contributed by atoms with Gasteiger partial charge in [-0.25, -0.2) is 4.98 Å². The molecule has 0 saturated heterocycles. The van der Waals surface area contributed by atoms with Crippen LogP contribution in [-0.4, -0.2) is 21.6 Å². The van der Waals surface area contributed by atoms with Crippen LogP contribution in [0.5, 0.6) is 5.75 Å². The first kappa shape index (κ1) is 18.3. The topological polar surface area (TPSA) is 78.0 Å². The Morgan fingerprint density at radius 2 is 1.89 bits per heavy atom. The van der Waals surface area contributed by atoms with Crippen LogP contribution in [0.15, 0.2) is 65.5 Å². The van der Waals surface area contributed by atoms with Gasteiger partial charge in [-0.05, 0) is 48.1 Å². The van der Waals surface area contributed by atoms with E-state index in [1.54, 1.807) is 29.5 Å². The lowest BCUT2D eigenvalue weighted by atomic mass is 10.1. The van der Waals surface area contributed by atoms with Crippen LogP contribution in [0.1, 0.15) is 22.6 Å². The van der Waals surface area contributed by atoms with Gasteiger partial charge >= 0.3 is 0 Å². The molecule has 2 aromatic heterocycles. The van der Waals surface area contributed by atoms with Crippen LogP contribution in [0.2, 0.25) is 0 Å². The minimum absolute atomic E-state index is 0.146. The fraction of sp³-hybridized carbons (Fsp3) is 0.182. The van der Waals surface area contributed by atoms with E-state index >= 15 is 0 Å². The highest BCUT2D eigenvalue weighted by Crippen LogP contribution is 2.26. The molecule has 28 heavy (non-hydrogen) atoms. The molecule has 0 aliphatic carbocycles. The number of H-pyrrole nitrogens is 1. The molecule has 5 nitrogen and oxygen atoms in total. The van der Waals surface area contributed by atoms with Gasteiger partial charge in [0.1, 0.15) is 5.75 Å². The average molecular weight is 391 g/mol. The predicted molar refractivity (Wildman–Crippen MR) is 114 cm³/mol. The number of anilines is 1. The molecule has 0 amide bonds. The molecule has 0 atom stereocenters. The number of fused-ring (bicyclic) bond motifs is 1. The highest BCUT2D eigenvalue weighted by atomic mass is 32.1. The van der Waals surface area contributed by atoms with Gasteiger partial charge in [0.2, 0.25) is 5.95 Å². The molecule has 0 bridgehead atoms. The van der Waals surface area contributed by atoms with Crippen LogP contribution >= 0.6 is 11.3 Å². The molecule has 142 valence electrons. The number of aryl methyl sites for hydroxylation is 1. The Labute approximate surface area is 166 Å². The van der Waals surface area contributed by atoms with Gasteiger partial charge in [0.05, 0.1) is 5.69 Å². The van der Waals surface area contributed by atoms with E-state index in [1.807, 2.05) is 24.3 Å². The van der Waals surface area contributed by atoms with Gasteiger partial charge in [-0.2, -0.15) is 0 Å². The molecule has 3 N–H and O–H groups in total. The molecule has 0 radical (unpaired) electrons. The molecule has 2 heterocycles. The van der Waals surface area contributed by atoms with Gasteiger partial charge in [-0.3, -0.25) is 9.78 Å². The number of benzene rings is 2. The number of thiophene rings is 1. The minimum Gasteiger partial charge on any atom is -0.508 e. The third-order valence-electron chi connectivity index (χ3n) is 4.50. The molecule has 4 rings (SSSR count). The molecule has 4 aromatic rings. The Balaban J connectivity index is 1.37. The number of hydrogen-bond acceptors (Lipinski definition) is 5. The Morgan fingerprint density at radius 3 is 2.71 bits per heavy atom. The monoisotopic (exact) mass is 391 g/mol. The Kier molecular flexibility index (Phi) is 5.39. The number of phenolic OH excluding ortho intramolecular Hbond substituents is 1. The summed E-state index contributed by atoms with van der Waals surface area (Å²) in [6.45, 7) is 0.705. The highest BCUT2D eigenvalue weighted by molar-refractivity contribution is 7.19. The number of phenols is 1. The first-order chi connectivity index (χ1) is 13.7. The summed E-state index contributed by atoms with van der Waals surface area (Å²) in [6, 6.07) is 19.2. The summed E-state index contributed by atoms with van der Waals surface area (Å²) < 4.78 is 1.25. The van der Waals surface area contributed by atoms with Crippen molar-refractivity contribution in [3.8, 4) is 5.75 Å². The lowest BCUT2D eigenvalue weighted by molar-refractivity contribution is 0.475. The van der Waals surface area contributed by atoms with Crippen molar-refractivity contribution >= 4 is 27.4 Å². The predicted octanol–water partition coefficient (Wildman–Crippen LogP) is 4.33. The Bertz CT molecular complexity index is 1100. The van der Waals surface area contributed by atoms with Gasteiger partial charge in [-0.15, -0.1) is 11.3 Å². The van der Waals surface area contributed by atoms with Gasteiger partial charge < -0.3 is 10.4 Å². The second-order valence-corrected chi connectivity index (χ2v) is 7.88. The molecule has 0 aliphatic heterocycles. The number of aromatic amines is 1. The van der Waals surface area contributed by atoms with E-state index in [0.717, 1.165) is 18.5 Å². The Hall–Kier alpha value is -3.12. The standard InChI is InChI=1S/C22H21N3O2S/c26-18-9-7-15(8-10-18)4-3-11-23-22-24-17(14-21(27)25-22)13-19-12-16-5-1-2-6-20(16)28-19/h1-2,5-10,12,14,26H,3-4,11,13H2,(H2,23,24,25,27). The molecule has 2 aromatic carbocycles. The minimum atomic E-state index is -0.146. The van der Waals surface area contributed by atoms with Crippen molar-refractivity contribution in [1.82, 2.24) is 9.97 Å². The molecule has 0 saturated carbocycles. The smallest absolute Gasteiger partial charge is 0.252 e. The van der Waals surface area contributed by atoms with Crippen LogP contribution in [0.25, 0.3) is 10.1 Å². The summed E-state index contributed by atoms with van der Waals surface area (Å²) in [5.74, 6) is 0.786. The summed E-state index contributed by atoms with van der Waals surface area (Å²) in [7, 11) is 0. The zero-order valence-corrected chi connectivity index (χ0v) is 16.1. The molecule has 0 fully saturated rings. The maximum atomic E-state index is 12.0. The summed E-state index contributed by atoms with van der Waals surface area (Å²) >= 11 is 1.73. The van der Waals surface area contributed by atoms with Crippen LogP contribution in [0, 0.1) is 0 Å². The molecular formula is C22H21N3O2S. The van der Waals surface area contributed by atoms with E-state index in [-0.39, 0.29) is 11.3 Å². The molecule has 0 unspecified atom stereocenters. The van der Waals surface area contributed by atoms with Crippen molar-refractivity contribution in [2.24, 2.45) is 0 Å². The number of nitrogens with one attached hydrogen (secondary N) is 2. The number of aromatic nitrogens is 2. The van der Waals surface area contributed by atoms with Crippen molar-refractivity contribution in [3.05, 3.63) is 87.2 Å². The van der Waals surface area contributed by atoms with Crippen LogP contribution < -0.4 is 10.9 Å². The first-order valence-electron chi connectivity index (χ1n) is 9.25. The van der Waals surface area contributed by atoms with E-state index in [9.17, 15) is 9.90 Å². The normalized spacial score (nSPS) is 11.0. The molecule has 0 aliphatic rings. The SMILES string of the molecule is O=c1cc(Cc2cc3ccccc3s2)nc(NCCCc2ccc(O)cc2)[nH]1. The number of hydrogen-bond donors (Lipinski definition) is 3. The third kappa shape index (κ3) is 4.58. The Morgan fingerprint density at radius 1 is 1.07 bits per heavy atom. The van der Waals surface area contributed by atoms with Crippen molar-refractivity contribution in [1.29, 1.82) is 0 Å². The summed E-state index contributed by atoms with van der Waals surface area (Å²) in [4.78, 5) is 20.5. The summed E-state index contributed by atoms with van der Waals surface area (Å²) in [5, 5.41) is 13.8. The fourth-order valence-corrected chi connectivity index (χ4v) is 4.23. The zero-order valence-electron chi connectivity index (χ0n) is 15.3. The van der Waals surface area contributed by atoms with Crippen molar-refractivity contribution in [2.45, 2.75) is 19.3 Å². The van der Waals surface area contributed by atoms with E-state index in [1.165, 1.54) is 20.5 Å². The fourth-order valence-electron chi connectivity index (χ4n) is 3.15. The van der Waals surface area contributed by atoms with E-state index < -0.39 is 0 Å². The van der Waals surface area contributed by atoms with Gasteiger partial charge in [0, 0.05) is 28.6 Å². The van der Waals surface area contributed by atoms with E-state index in [0.29, 0.717) is 18.9 Å². The van der Waals surface area contributed by atoms with Crippen molar-refractivity contribution < 1.29 is 5.11 Å². The van der Waals surface area contributed by atoms with Crippen LogP contribution in [0.3, 0.4) is 0 Å². The number of aromatic hydroxyl groups is 1. The number of rotatable bonds is 7. The van der Waals surface area contributed by atoms with E-state index in [2.05, 4.69) is 33.5 Å². The second-order valence-electron chi connectivity index (χ2n) is 6.71. The van der Waals surface area contributed by atoms with Gasteiger partial charge in [0.15, 0.2) is 0 Å². The summed E-state index contributed by atoms with van der Waals surface area (Å²) in [5.41, 5.74) is 1.78. The second kappa shape index (κ2) is 8.27. The molecule has 6 heteroatoms. The summed E-state index contributed by atoms with van der Waals surface area (Å²) in [6.07, 6.45) is 2.43. The molecular weight excluding hydrogens is 370 g/mol. The third-order valence-corrected chi connectivity index (χ3v) is 5.61. The first-order valence-corrected chi connectivity index (χ1v) is 10.1. The quantitative estimate of drug-likeness (QED) is 0.410. The largest absolute Gasteiger partial charge is 0.508 e. The highest BCUT2D eigenvalue weighted by Gasteiger charge is 2.06. The van der Waals surface area contributed by atoms with E-state index in [4.69, 9.17) is 0 Å². The lowest BCUT2D eigenvalue weighted by Gasteiger charge is -2.07. The average Bonchev–Trinajstić information content (AvgIpc) is 3.08. The lowest BCUT2D eigenvalue weighted by Crippen LogP contribution is -2.15. The van der Waals surface area contributed by atoms with Crippen LogP contribution in [0.4, 0.5) is 5.95 Å². The van der Waals surface area contributed by atoms with Gasteiger partial charge in [0.25, 0.3) is 5.56 Å². The maximum Gasteiger partial charge on any atom is 0.252 e. The molecule has 0 spiro atoms. The maximum absolute atomic E-state index is 12.0. The van der Waals surface area contributed by atoms with Crippen molar-refractivity contribution in [2.75, 3.05) is 11.9 Å². The van der Waals surface area contributed by atoms with Gasteiger partial charge in [-0.1, -0.05) is 30.3 Å². The van der Waals surface area contributed by atoms with Crippen molar-refractivity contribution in [3.63, 3.8) is 0 Å². The number of nitrogens with zero attached hydrogens (tertiary/aromatic N) is 1. The van der Waals surface area contributed by atoms with Crippen LogP contribution in [-0.2, 0) is 12.8 Å². The zero-order chi connectivity index (χ0) is 19.3.